The lowest BCUT2D eigenvalue weighted by atomic mass is 10.2. The van der Waals surface area contributed by atoms with Crippen LogP contribution in [0, 0.1) is 6.20 Å². The molecule has 15 heavy (non-hydrogen) atoms. The molecule has 0 unspecified atom stereocenters. The molecule has 1 radical (unpaired) electrons. The Hall–Kier alpha value is -2.09. The lowest BCUT2D eigenvalue weighted by Gasteiger charge is -1.99. The lowest BCUT2D eigenvalue weighted by Crippen LogP contribution is -1.86. The maximum absolute atomic E-state index is 4.23. The van der Waals surface area contributed by atoms with Gasteiger partial charge in [0.15, 0.2) is 0 Å². The summed E-state index contributed by atoms with van der Waals surface area (Å²) in [4.78, 5) is 4.23. The van der Waals surface area contributed by atoms with Crippen molar-refractivity contribution >= 4 is 5.65 Å². The third kappa shape index (κ3) is 1.31. The molecule has 3 rings (SSSR count). The van der Waals surface area contributed by atoms with Crippen LogP contribution in [0.1, 0.15) is 0 Å². The summed E-state index contributed by atoms with van der Waals surface area (Å²) in [6.45, 7) is 0. The van der Waals surface area contributed by atoms with Crippen LogP contribution < -0.4 is 0 Å². The molecular weight excluding hydrogens is 184 g/mol. The molecule has 0 saturated carbocycles. The molecule has 0 atom stereocenters. The zero-order valence-corrected chi connectivity index (χ0v) is 8.09. The number of pyridine rings is 1. The van der Waals surface area contributed by atoms with Crippen LogP contribution in [0.3, 0.4) is 0 Å². The predicted octanol–water partition coefficient (Wildman–Crippen LogP) is 2.80. The van der Waals surface area contributed by atoms with Gasteiger partial charge in [0.25, 0.3) is 0 Å². The van der Waals surface area contributed by atoms with Crippen molar-refractivity contribution in [3.63, 3.8) is 0 Å². The molecule has 3 aromatic rings. The number of hydrogen-bond acceptors (Lipinski definition) is 1. The van der Waals surface area contributed by atoms with Crippen molar-refractivity contribution in [2.75, 3.05) is 0 Å². The molecule has 2 nitrogen and oxygen atoms in total. The maximum atomic E-state index is 4.23. The minimum absolute atomic E-state index is 0.927. The summed E-state index contributed by atoms with van der Waals surface area (Å²) in [6, 6.07) is 16.1. The highest BCUT2D eigenvalue weighted by atomic mass is 15.0. The van der Waals surface area contributed by atoms with Gasteiger partial charge in [-0.3, -0.25) is 4.40 Å². The third-order valence-electron chi connectivity index (χ3n) is 2.40. The van der Waals surface area contributed by atoms with E-state index in [1.165, 1.54) is 0 Å². The van der Waals surface area contributed by atoms with Gasteiger partial charge in [-0.1, -0.05) is 36.4 Å². The highest BCUT2D eigenvalue weighted by molar-refractivity contribution is 5.62. The Balaban J connectivity index is 2.28. The van der Waals surface area contributed by atoms with Crippen molar-refractivity contribution in [1.82, 2.24) is 9.38 Å². The first-order valence-electron chi connectivity index (χ1n) is 4.85. The fourth-order valence-electron chi connectivity index (χ4n) is 1.68. The lowest BCUT2D eigenvalue weighted by molar-refractivity contribution is 1.19. The zero-order valence-electron chi connectivity index (χ0n) is 8.09. The first-order valence-corrected chi connectivity index (χ1v) is 4.85. The Labute approximate surface area is 87.8 Å². The first kappa shape index (κ1) is 8.24. The summed E-state index contributed by atoms with van der Waals surface area (Å²) in [7, 11) is 0. The highest BCUT2D eigenvalue weighted by Gasteiger charge is 2.03. The van der Waals surface area contributed by atoms with E-state index >= 15 is 0 Å². The molecule has 0 fully saturated rings. The van der Waals surface area contributed by atoms with E-state index in [4.69, 9.17) is 0 Å². The van der Waals surface area contributed by atoms with E-state index in [0.29, 0.717) is 0 Å². The van der Waals surface area contributed by atoms with Crippen molar-refractivity contribution in [3.8, 4) is 11.3 Å². The van der Waals surface area contributed by atoms with Gasteiger partial charge in [0, 0.05) is 11.8 Å². The number of rotatable bonds is 1. The molecule has 0 N–H and O–H groups in total. The molecule has 2 heterocycles. The smallest absolute Gasteiger partial charge is 0.138 e. The number of nitrogens with zero attached hydrogens (tertiary/aromatic N) is 2. The van der Waals surface area contributed by atoms with Crippen molar-refractivity contribution in [1.29, 1.82) is 0 Å². The quantitative estimate of drug-likeness (QED) is 0.581. The van der Waals surface area contributed by atoms with Gasteiger partial charge in [0.05, 0.1) is 5.69 Å². The van der Waals surface area contributed by atoms with Crippen LogP contribution in [0.15, 0.2) is 54.7 Å². The third-order valence-corrected chi connectivity index (χ3v) is 2.40. The van der Waals surface area contributed by atoms with Gasteiger partial charge in [-0.25, -0.2) is 4.98 Å². The largest absolute Gasteiger partial charge is 0.299 e. The molecule has 0 aliphatic rings. The molecule has 1 aromatic carbocycles. The van der Waals surface area contributed by atoms with Gasteiger partial charge in [-0.15, -0.1) is 0 Å². The highest BCUT2D eigenvalue weighted by Crippen LogP contribution is 2.19. The Morgan fingerprint density at radius 1 is 0.933 bits per heavy atom. The van der Waals surface area contributed by atoms with Crippen LogP contribution in [0.2, 0.25) is 0 Å². The Morgan fingerprint density at radius 3 is 2.60 bits per heavy atom. The topological polar surface area (TPSA) is 17.3 Å². The zero-order chi connectivity index (χ0) is 10.1. The van der Waals surface area contributed by atoms with Crippen LogP contribution in [0.25, 0.3) is 16.9 Å². The predicted molar refractivity (Wildman–Crippen MR) is 59.5 cm³/mol. The van der Waals surface area contributed by atoms with E-state index in [-0.39, 0.29) is 0 Å². The van der Waals surface area contributed by atoms with Gasteiger partial charge in [-0.2, -0.15) is 0 Å². The van der Waals surface area contributed by atoms with Crippen molar-refractivity contribution in [2.24, 2.45) is 0 Å². The van der Waals surface area contributed by atoms with E-state index in [1.54, 1.807) is 0 Å². The molecule has 0 amide bonds. The van der Waals surface area contributed by atoms with Crippen LogP contribution in [0.5, 0.6) is 0 Å². The van der Waals surface area contributed by atoms with Crippen LogP contribution in [0.4, 0.5) is 0 Å². The molecule has 0 saturated heterocycles. The minimum atomic E-state index is 0.927. The van der Waals surface area contributed by atoms with Crippen molar-refractivity contribution in [2.45, 2.75) is 0 Å². The second-order valence-corrected chi connectivity index (χ2v) is 3.37. The molecule has 0 aliphatic heterocycles. The summed E-state index contributed by atoms with van der Waals surface area (Å²) >= 11 is 0. The van der Waals surface area contributed by atoms with Gasteiger partial charge < -0.3 is 0 Å². The van der Waals surface area contributed by atoms with Crippen molar-refractivity contribution in [3.05, 3.63) is 60.9 Å². The summed E-state index contributed by atoms with van der Waals surface area (Å²) in [5.41, 5.74) is 3.07. The van der Waals surface area contributed by atoms with Gasteiger partial charge in [-0.05, 0) is 12.1 Å². The average molecular weight is 193 g/mol. The Kier molecular flexibility index (Phi) is 1.78. The van der Waals surface area contributed by atoms with E-state index in [0.717, 1.165) is 16.9 Å². The van der Waals surface area contributed by atoms with E-state index in [9.17, 15) is 0 Å². The van der Waals surface area contributed by atoms with Crippen LogP contribution in [-0.4, -0.2) is 9.38 Å². The standard InChI is InChI=1S/C13H9N2/c1-2-6-11(7-3-1)12-10-14-13-8-4-5-9-15(12)13/h1-9H. The van der Waals surface area contributed by atoms with Gasteiger partial charge in [0.1, 0.15) is 11.8 Å². The number of imidazole rings is 1. The Morgan fingerprint density at radius 2 is 1.73 bits per heavy atom. The van der Waals surface area contributed by atoms with Crippen LogP contribution in [-0.2, 0) is 0 Å². The summed E-state index contributed by atoms with van der Waals surface area (Å²) in [6.07, 6.45) is 5.04. The van der Waals surface area contributed by atoms with Gasteiger partial charge in [0.2, 0.25) is 0 Å². The van der Waals surface area contributed by atoms with E-state index in [1.807, 2.05) is 47.0 Å². The molecule has 0 bridgehead atoms. The van der Waals surface area contributed by atoms with Crippen LogP contribution >= 0.6 is 0 Å². The average Bonchev–Trinajstić information content (AvgIpc) is 2.74. The second-order valence-electron chi connectivity index (χ2n) is 3.37. The van der Waals surface area contributed by atoms with Gasteiger partial charge >= 0.3 is 0 Å². The van der Waals surface area contributed by atoms with E-state index in [2.05, 4.69) is 23.3 Å². The molecular formula is C13H9N2. The Bertz CT molecular complexity index is 582. The maximum Gasteiger partial charge on any atom is 0.138 e. The number of hydrogen-bond donors (Lipinski definition) is 0. The fourth-order valence-corrected chi connectivity index (χ4v) is 1.68. The number of fused-ring (bicyclic) bond motifs is 1. The van der Waals surface area contributed by atoms with Crippen molar-refractivity contribution < 1.29 is 0 Å². The number of aromatic nitrogens is 2. The SMILES string of the molecule is [c]1nc2ccccn2c1-c1ccccc1. The molecule has 2 aromatic heterocycles. The molecule has 0 aliphatic carbocycles. The second kappa shape index (κ2) is 3.24. The molecule has 0 spiro atoms. The first-order chi connectivity index (χ1) is 7.45. The fraction of sp³-hybridized carbons (Fsp3) is 0. The summed E-state index contributed by atoms with van der Waals surface area (Å²) in [5.74, 6) is 0. The monoisotopic (exact) mass is 193 g/mol. The minimum Gasteiger partial charge on any atom is -0.299 e. The summed E-state index contributed by atoms with van der Waals surface area (Å²) < 4.78 is 2.04. The number of benzene rings is 1. The summed E-state index contributed by atoms with van der Waals surface area (Å²) in [5, 5.41) is 0. The van der Waals surface area contributed by atoms with E-state index < -0.39 is 0 Å². The molecule has 71 valence electrons. The molecule has 2 heteroatoms. The normalized spacial score (nSPS) is 10.7.